The van der Waals surface area contributed by atoms with Gasteiger partial charge in [-0.2, -0.15) is 5.10 Å². The van der Waals surface area contributed by atoms with Crippen LogP contribution in [0.3, 0.4) is 0 Å². The highest BCUT2D eigenvalue weighted by Gasteiger charge is 2.13. The smallest absolute Gasteiger partial charge is 0.174 e. The molecule has 0 radical (unpaired) electrons. The molecule has 0 saturated heterocycles. The minimum atomic E-state index is 0.222. The standard InChI is InChI=1S/C14H19ClN4O/c1-2-18(8-3-4-9-20)13-11-19(17-14(13)15)12-6-5-7-16-10-12/h5-7,10-11,20H,2-4,8-9H2,1H3. The lowest BCUT2D eigenvalue weighted by Gasteiger charge is -2.21. The minimum Gasteiger partial charge on any atom is -0.396 e. The average molecular weight is 295 g/mol. The van der Waals surface area contributed by atoms with E-state index in [4.69, 9.17) is 16.7 Å². The normalized spacial score (nSPS) is 10.8. The highest BCUT2D eigenvalue weighted by atomic mass is 35.5. The number of rotatable bonds is 7. The molecule has 0 aliphatic carbocycles. The van der Waals surface area contributed by atoms with Gasteiger partial charge in [-0.1, -0.05) is 11.6 Å². The summed E-state index contributed by atoms with van der Waals surface area (Å²) in [6, 6.07) is 3.80. The molecule has 0 bridgehead atoms. The molecule has 1 N–H and O–H groups in total. The molecule has 6 heteroatoms. The maximum Gasteiger partial charge on any atom is 0.174 e. The molecule has 0 amide bonds. The monoisotopic (exact) mass is 294 g/mol. The first-order chi connectivity index (χ1) is 9.76. The second-order valence-corrected chi connectivity index (χ2v) is 4.83. The lowest BCUT2D eigenvalue weighted by molar-refractivity contribution is 0.285. The maximum absolute atomic E-state index is 8.86. The van der Waals surface area contributed by atoms with E-state index >= 15 is 0 Å². The summed E-state index contributed by atoms with van der Waals surface area (Å²) in [4.78, 5) is 6.24. The van der Waals surface area contributed by atoms with Crippen LogP contribution in [-0.4, -0.2) is 39.6 Å². The predicted molar refractivity (Wildman–Crippen MR) is 80.6 cm³/mol. The molecule has 5 nitrogen and oxygen atoms in total. The minimum absolute atomic E-state index is 0.222. The van der Waals surface area contributed by atoms with Crippen LogP contribution in [0.1, 0.15) is 19.8 Å². The van der Waals surface area contributed by atoms with Crippen molar-refractivity contribution in [1.29, 1.82) is 0 Å². The third kappa shape index (κ3) is 3.49. The van der Waals surface area contributed by atoms with Gasteiger partial charge in [0, 0.05) is 25.9 Å². The largest absolute Gasteiger partial charge is 0.396 e. The molecule has 0 saturated carbocycles. The predicted octanol–water partition coefficient (Wildman–Crippen LogP) is 2.52. The van der Waals surface area contributed by atoms with Crippen LogP contribution in [0.5, 0.6) is 0 Å². The van der Waals surface area contributed by atoms with Gasteiger partial charge in [-0.05, 0) is 31.9 Å². The quantitative estimate of drug-likeness (QED) is 0.797. The van der Waals surface area contributed by atoms with Crippen LogP contribution < -0.4 is 4.90 Å². The van der Waals surface area contributed by atoms with Crippen LogP contribution in [0.25, 0.3) is 5.69 Å². The van der Waals surface area contributed by atoms with E-state index in [0.717, 1.165) is 37.3 Å². The zero-order valence-electron chi connectivity index (χ0n) is 11.5. The van der Waals surface area contributed by atoms with Crippen LogP contribution in [0.2, 0.25) is 5.15 Å². The highest BCUT2D eigenvalue weighted by Crippen LogP contribution is 2.26. The lowest BCUT2D eigenvalue weighted by Crippen LogP contribution is -2.24. The van der Waals surface area contributed by atoms with Crippen molar-refractivity contribution >= 4 is 17.3 Å². The van der Waals surface area contributed by atoms with Gasteiger partial charge in [0.15, 0.2) is 5.15 Å². The van der Waals surface area contributed by atoms with Gasteiger partial charge in [-0.15, -0.1) is 0 Å². The Balaban J connectivity index is 2.17. The molecule has 0 aliphatic rings. The van der Waals surface area contributed by atoms with Crippen LogP contribution in [-0.2, 0) is 0 Å². The number of hydrogen-bond acceptors (Lipinski definition) is 4. The van der Waals surface area contributed by atoms with Gasteiger partial charge < -0.3 is 10.0 Å². The van der Waals surface area contributed by atoms with Crippen molar-refractivity contribution < 1.29 is 5.11 Å². The van der Waals surface area contributed by atoms with Crippen LogP contribution in [0, 0.1) is 0 Å². The molecule has 108 valence electrons. The second-order valence-electron chi connectivity index (χ2n) is 4.47. The third-order valence-electron chi connectivity index (χ3n) is 3.12. The van der Waals surface area contributed by atoms with Gasteiger partial charge in [0.05, 0.1) is 23.8 Å². The average Bonchev–Trinajstić information content (AvgIpc) is 2.87. The van der Waals surface area contributed by atoms with Crippen molar-refractivity contribution in [2.75, 3.05) is 24.6 Å². The van der Waals surface area contributed by atoms with Crippen molar-refractivity contribution in [3.05, 3.63) is 35.9 Å². The second kappa shape index (κ2) is 7.26. The Bertz CT molecular complexity index is 529. The molecule has 2 heterocycles. The van der Waals surface area contributed by atoms with Gasteiger partial charge in [0.2, 0.25) is 0 Å². The molecular weight excluding hydrogens is 276 g/mol. The van der Waals surface area contributed by atoms with Crippen LogP contribution in [0.4, 0.5) is 5.69 Å². The SMILES string of the molecule is CCN(CCCCO)c1cn(-c2cccnc2)nc1Cl. The summed E-state index contributed by atoms with van der Waals surface area (Å²) in [5.41, 5.74) is 1.79. The highest BCUT2D eigenvalue weighted by molar-refractivity contribution is 6.32. The van der Waals surface area contributed by atoms with E-state index in [1.807, 2.05) is 18.3 Å². The summed E-state index contributed by atoms with van der Waals surface area (Å²) in [5.74, 6) is 0. The topological polar surface area (TPSA) is 54.2 Å². The van der Waals surface area contributed by atoms with Crippen molar-refractivity contribution in [3.63, 3.8) is 0 Å². The Morgan fingerprint density at radius 1 is 1.40 bits per heavy atom. The van der Waals surface area contributed by atoms with Gasteiger partial charge >= 0.3 is 0 Å². The Hall–Kier alpha value is -1.59. The fourth-order valence-electron chi connectivity index (χ4n) is 2.04. The maximum atomic E-state index is 8.86. The fraction of sp³-hybridized carbons (Fsp3) is 0.429. The van der Waals surface area contributed by atoms with E-state index in [-0.39, 0.29) is 6.61 Å². The molecule has 0 spiro atoms. The van der Waals surface area contributed by atoms with Gasteiger partial charge in [-0.25, -0.2) is 4.68 Å². The van der Waals surface area contributed by atoms with E-state index in [9.17, 15) is 0 Å². The Kier molecular flexibility index (Phi) is 5.38. The lowest BCUT2D eigenvalue weighted by atomic mass is 10.3. The first kappa shape index (κ1) is 14.8. The molecule has 0 aliphatic heterocycles. The fourth-order valence-corrected chi connectivity index (χ4v) is 2.29. The number of aromatic nitrogens is 3. The van der Waals surface area contributed by atoms with Gasteiger partial charge in [0.25, 0.3) is 0 Å². The Morgan fingerprint density at radius 3 is 2.90 bits per heavy atom. The zero-order valence-corrected chi connectivity index (χ0v) is 12.3. The number of pyridine rings is 1. The van der Waals surface area contributed by atoms with Crippen LogP contribution in [0.15, 0.2) is 30.7 Å². The number of unbranched alkanes of at least 4 members (excludes halogenated alkanes) is 1. The van der Waals surface area contributed by atoms with Crippen molar-refractivity contribution in [2.45, 2.75) is 19.8 Å². The number of nitrogens with zero attached hydrogens (tertiary/aromatic N) is 4. The summed E-state index contributed by atoms with van der Waals surface area (Å²) in [5, 5.41) is 13.7. The molecule has 20 heavy (non-hydrogen) atoms. The van der Waals surface area contributed by atoms with E-state index in [0.29, 0.717) is 5.15 Å². The Labute approximate surface area is 123 Å². The molecule has 0 aromatic carbocycles. The van der Waals surface area contributed by atoms with E-state index < -0.39 is 0 Å². The van der Waals surface area contributed by atoms with Crippen LogP contribution >= 0.6 is 11.6 Å². The molecule has 0 unspecified atom stereocenters. The summed E-state index contributed by atoms with van der Waals surface area (Å²) in [6.45, 7) is 4.01. The Morgan fingerprint density at radius 2 is 2.25 bits per heavy atom. The summed E-state index contributed by atoms with van der Waals surface area (Å²) in [6.07, 6.45) is 7.11. The number of aliphatic hydroxyl groups is 1. The first-order valence-electron chi connectivity index (χ1n) is 6.77. The van der Waals surface area contributed by atoms with E-state index in [1.54, 1.807) is 17.1 Å². The molecule has 2 rings (SSSR count). The van der Waals surface area contributed by atoms with Gasteiger partial charge in [-0.3, -0.25) is 4.98 Å². The molecule has 0 fully saturated rings. The van der Waals surface area contributed by atoms with Crippen molar-refractivity contribution in [2.24, 2.45) is 0 Å². The number of aliphatic hydroxyl groups excluding tert-OH is 1. The number of hydrogen-bond donors (Lipinski definition) is 1. The molecule has 2 aromatic heterocycles. The van der Waals surface area contributed by atoms with E-state index in [1.165, 1.54) is 0 Å². The third-order valence-corrected chi connectivity index (χ3v) is 3.39. The van der Waals surface area contributed by atoms with Crippen molar-refractivity contribution in [1.82, 2.24) is 14.8 Å². The summed E-state index contributed by atoms with van der Waals surface area (Å²) < 4.78 is 1.74. The molecule has 2 aromatic rings. The number of halogens is 1. The summed E-state index contributed by atoms with van der Waals surface area (Å²) in [7, 11) is 0. The van der Waals surface area contributed by atoms with Crippen molar-refractivity contribution in [3.8, 4) is 5.69 Å². The van der Waals surface area contributed by atoms with E-state index in [2.05, 4.69) is 21.9 Å². The molecule has 0 atom stereocenters. The first-order valence-corrected chi connectivity index (χ1v) is 7.15. The summed E-state index contributed by atoms with van der Waals surface area (Å²) >= 11 is 6.24. The van der Waals surface area contributed by atoms with Gasteiger partial charge in [0.1, 0.15) is 0 Å². The zero-order chi connectivity index (χ0) is 14.4. The number of anilines is 1. The molecular formula is C14H19ClN4O.